The molecule has 1 N–H and O–H groups in total. The molecule has 0 aliphatic rings. The lowest BCUT2D eigenvalue weighted by Crippen LogP contribution is -2.20. The molecular formula is C12H17NO3. The molecule has 0 saturated carbocycles. The highest BCUT2D eigenvalue weighted by atomic mass is 16.4. The van der Waals surface area contributed by atoms with E-state index < -0.39 is 5.97 Å². The first-order valence-corrected chi connectivity index (χ1v) is 5.49. The van der Waals surface area contributed by atoms with Gasteiger partial charge in [-0.25, -0.2) is 0 Å². The number of pyridine rings is 1. The van der Waals surface area contributed by atoms with Gasteiger partial charge in [0.1, 0.15) is 0 Å². The van der Waals surface area contributed by atoms with Crippen molar-refractivity contribution < 1.29 is 9.90 Å². The molecule has 0 amide bonds. The summed E-state index contributed by atoms with van der Waals surface area (Å²) in [5, 5.41) is 8.46. The summed E-state index contributed by atoms with van der Waals surface area (Å²) in [6, 6.07) is 5.20. The molecule has 0 radical (unpaired) electrons. The van der Waals surface area contributed by atoms with Crippen molar-refractivity contribution in [3.63, 3.8) is 0 Å². The van der Waals surface area contributed by atoms with E-state index in [-0.39, 0.29) is 12.0 Å². The smallest absolute Gasteiger partial charge is 0.303 e. The zero-order valence-corrected chi connectivity index (χ0v) is 9.48. The molecule has 0 saturated heterocycles. The van der Waals surface area contributed by atoms with Gasteiger partial charge in [-0.05, 0) is 25.8 Å². The highest BCUT2D eigenvalue weighted by Crippen LogP contribution is 2.03. The Labute approximate surface area is 94.5 Å². The van der Waals surface area contributed by atoms with Crippen LogP contribution in [0.25, 0.3) is 0 Å². The fraction of sp³-hybridized carbons (Fsp3) is 0.500. The molecule has 0 aliphatic heterocycles. The molecule has 1 rings (SSSR count). The zero-order chi connectivity index (χ0) is 12.0. The van der Waals surface area contributed by atoms with Gasteiger partial charge in [-0.15, -0.1) is 0 Å². The molecule has 1 heterocycles. The average molecular weight is 223 g/mol. The molecular weight excluding hydrogens is 206 g/mol. The Morgan fingerprint density at radius 1 is 1.31 bits per heavy atom. The minimum atomic E-state index is -0.756. The number of hydrogen-bond acceptors (Lipinski definition) is 2. The molecule has 16 heavy (non-hydrogen) atoms. The molecule has 4 heteroatoms. The van der Waals surface area contributed by atoms with Crippen molar-refractivity contribution in [1.82, 2.24) is 4.57 Å². The molecule has 4 nitrogen and oxygen atoms in total. The molecule has 0 fully saturated rings. The van der Waals surface area contributed by atoms with Gasteiger partial charge in [0.2, 0.25) is 0 Å². The molecule has 1 aromatic rings. The van der Waals surface area contributed by atoms with E-state index in [1.165, 1.54) is 0 Å². The van der Waals surface area contributed by atoms with Crippen molar-refractivity contribution in [1.29, 1.82) is 0 Å². The fourth-order valence-corrected chi connectivity index (χ4v) is 1.63. The van der Waals surface area contributed by atoms with E-state index in [2.05, 4.69) is 0 Å². The summed E-state index contributed by atoms with van der Waals surface area (Å²) in [6.07, 6.45) is 2.57. The monoisotopic (exact) mass is 223 g/mol. The SMILES string of the molecule is Cc1cccc(=O)n1CCCCCC(=O)O. The Balaban J connectivity index is 2.38. The van der Waals surface area contributed by atoms with E-state index in [0.29, 0.717) is 13.0 Å². The number of aryl methyl sites for hydroxylation is 1. The highest BCUT2D eigenvalue weighted by Gasteiger charge is 2.00. The quantitative estimate of drug-likeness (QED) is 0.748. The minimum Gasteiger partial charge on any atom is -0.481 e. The van der Waals surface area contributed by atoms with Crippen LogP contribution in [0.5, 0.6) is 0 Å². The molecule has 0 unspecified atom stereocenters. The van der Waals surface area contributed by atoms with Crippen molar-refractivity contribution >= 4 is 5.97 Å². The van der Waals surface area contributed by atoms with Crippen molar-refractivity contribution in [2.75, 3.05) is 0 Å². The van der Waals surface area contributed by atoms with Crippen LogP contribution in [0.4, 0.5) is 0 Å². The molecule has 0 spiro atoms. The van der Waals surface area contributed by atoms with E-state index in [0.717, 1.165) is 18.5 Å². The third-order valence-electron chi connectivity index (χ3n) is 2.54. The van der Waals surface area contributed by atoms with E-state index in [9.17, 15) is 9.59 Å². The van der Waals surface area contributed by atoms with Crippen LogP contribution in [-0.4, -0.2) is 15.6 Å². The van der Waals surface area contributed by atoms with E-state index in [4.69, 9.17) is 5.11 Å². The Kier molecular flexibility index (Phi) is 4.76. The second-order valence-electron chi connectivity index (χ2n) is 3.86. The van der Waals surface area contributed by atoms with Crippen molar-refractivity contribution in [2.24, 2.45) is 0 Å². The van der Waals surface area contributed by atoms with Crippen LogP contribution in [0, 0.1) is 6.92 Å². The first-order chi connectivity index (χ1) is 7.61. The Morgan fingerprint density at radius 2 is 2.06 bits per heavy atom. The largest absolute Gasteiger partial charge is 0.481 e. The van der Waals surface area contributed by atoms with Gasteiger partial charge in [0, 0.05) is 24.7 Å². The molecule has 0 atom stereocenters. The van der Waals surface area contributed by atoms with E-state index in [1.807, 2.05) is 13.0 Å². The summed E-state index contributed by atoms with van der Waals surface area (Å²) in [6.45, 7) is 2.57. The van der Waals surface area contributed by atoms with Crippen molar-refractivity contribution in [3.8, 4) is 0 Å². The van der Waals surface area contributed by atoms with Gasteiger partial charge in [0.15, 0.2) is 0 Å². The summed E-state index contributed by atoms with van der Waals surface area (Å²) in [7, 11) is 0. The van der Waals surface area contributed by atoms with Gasteiger partial charge < -0.3 is 9.67 Å². The maximum Gasteiger partial charge on any atom is 0.303 e. The first-order valence-electron chi connectivity index (χ1n) is 5.49. The lowest BCUT2D eigenvalue weighted by atomic mass is 10.2. The predicted octanol–water partition coefficient (Wildman–Crippen LogP) is 1.80. The fourth-order valence-electron chi connectivity index (χ4n) is 1.63. The minimum absolute atomic E-state index is 0.0123. The summed E-state index contributed by atoms with van der Waals surface area (Å²) >= 11 is 0. The number of carboxylic acids is 1. The van der Waals surface area contributed by atoms with E-state index >= 15 is 0 Å². The molecule has 1 aromatic heterocycles. The van der Waals surface area contributed by atoms with Crippen LogP contribution >= 0.6 is 0 Å². The first kappa shape index (κ1) is 12.5. The molecule has 0 aromatic carbocycles. The van der Waals surface area contributed by atoms with Gasteiger partial charge >= 0.3 is 5.97 Å². The highest BCUT2D eigenvalue weighted by molar-refractivity contribution is 5.66. The van der Waals surface area contributed by atoms with Crippen LogP contribution in [0.3, 0.4) is 0 Å². The lowest BCUT2D eigenvalue weighted by molar-refractivity contribution is -0.137. The molecule has 0 bridgehead atoms. The van der Waals surface area contributed by atoms with Gasteiger partial charge in [-0.1, -0.05) is 12.5 Å². The number of unbranched alkanes of at least 4 members (excludes halogenated alkanes) is 2. The summed E-state index contributed by atoms with van der Waals surface area (Å²) < 4.78 is 1.72. The van der Waals surface area contributed by atoms with Crippen LogP contribution in [0.2, 0.25) is 0 Å². The van der Waals surface area contributed by atoms with Crippen LogP contribution in [0.1, 0.15) is 31.4 Å². The standard InChI is InChI=1S/C12H17NO3/c1-10-6-5-7-11(14)13(10)9-4-2-3-8-12(15)16/h5-7H,2-4,8-9H2,1H3,(H,15,16). The predicted molar refractivity (Wildman–Crippen MR) is 61.5 cm³/mol. The van der Waals surface area contributed by atoms with Crippen LogP contribution < -0.4 is 5.56 Å². The van der Waals surface area contributed by atoms with Crippen LogP contribution in [-0.2, 0) is 11.3 Å². The van der Waals surface area contributed by atoms with Gasteiger partial charge in [-0.3, -0.25) is 9.59 Å². The third-order valence-corrected chi connectivity index (χ3v) is 2.54. The summed E-state index contributed by atoms with van der Waals surface area (Å²) in [5.41, 5.74) is 0.962. The Morgan fingerprint density at radius 3 is 2.69 bits per heavy atom. The number of carboxylic acid groups (broad SMARTS) is 1. The van der Waals surface area contributed by atoms with Gasteiger partial charge in [0.05, 0.1) is 0 Å². The number of hydrogen-bond donors (Lipinski definition) is 1. The second kappa shape index (κ2) is 6.10. The molecule has 88 valence electrons. The maximum absolute atomic E-state index is 11.5. The van der Waals surface area contributed by atoms with Crippen molar-refractivity contribution in [3.05, 3.63) is 34.2 Å². The maximum atomic E-state index is 11.5. The number of nitrogens with zero attached hydrogens (tertiary/aromatic N) is 1. The zero-order valence-electron chi connectivity index (χ0n) is 9.48. The Hall–Kier alpha value is -1.58. The Bertz CT molecular complexity index is 409. The molecule has 0 aliphatic carbocycles. The summed E-state index contributed by atoms with van der Waals surface area (Å²) in [4.78, 5) is 21.8. The van der Waals surface area contributed by atoms with E-state index in [1.54, 1.807) is 16.7 Å². The normalized spacial score (nSPS) is 10.3. The second-order valence-corrected chi connectivity index (χ2v) is 3.86. The number of carbonyl (C=O) groups is 1. The average Bonchev–Trinajstić information content (AvgIpc) is 2.21. The third kappa shape index (κ3) is 3.88. The number of rotatable bonds is 6. The topological polar surface area (TPSA) is 59.3 Å². The van der Waals surface area contributed by atoms with Crippen molar-refractivity contribution in [2.45, 2.75) is 39.2 Å². The number of aromatic nitrogens is 1. The summed E-state index contributed by atoms with van der Waals surface area (Å²) in [5.74, 6) is -0.756. The lowest BCUT2D eigenvalue weighted by Gasteiger charge is -2.08. The van der Waals surface area contributed by atoms with Gasteiger partial charge in [-0.2, -0.15) is 0 Å². The van der Waals surface area contributed by atoms with Gasteiger partial charge in [0.25, 0.3) is 5.56 Å². The number of aliphatic carboxylic acids is 1. The van der Waals surface area contributed by atoms with Crippen LogP contribution in [0.15, 0.2) is 23.0 Å².